The van der Waals surface area contributed by atoms with Crippen molar-refractivity contribution in [3.63, 3.8) is 0 Å². The SMILES string of the molecule is COc1cccc(COC2CCCN(C(=O)C3CCC3)C2)c1. The Hall–Kier alpha value is -1.55. The number of amides is 1. The third kappa shape index (κ3) is 3.61. The zero-order chi connectivity index (χ0) is 15.4. The summed E-state index contributed by atoms with van der Waals surface area (Å²) in [6.07, 6.45) is 5.60. The van der Waals surface area contributed by atoms with Gasteiger partial charge >= 0.3 is 0 Å². The molecule has 1 saturated heterocycles. The van der Waals surface area contributed by atoms with Gasteiger partial charge in [-0.1, -0.05) is 18.6 Å². The molecule has 1 aromatic rings. The van der Waals surface area contributed by atoms with Crippen LogP contribution in [0.3, 0.4) is 0 Å². The van der Waals surface area contributed by atoms with E-state index in [1.165, 1.54) is 6.42 Å². The van der Waals surface area contributed by atoms with Gasteiger partial charge in [0.05, 0.1) is 19.8 Å². The van der Waals surface area contributed by atoms with E-state index in [9.17, 15) is 4.79 Å². The maximum Gasteiger partial charge on any atom is 0.225 e. The van der Waals surface area contributed by atoms with Gasteiger partial charge in [-0.15, -0.1) is 0 Å². The fraction of sp³-hybridized carbons (Fsp3) is 0.611. The molecule has 1 aromatic carbocycles. The molecule has 0 radical (unpaired) electrons. The first-order valence-corrected chi connectivity index (χ1v) is 8.29. The number of likely N-dealkylation sites (tertiary alicyclic amines) is 1. The van der Waals surface area contributed by atoms with Crippen LogP contribution in [0.15, 0.2) is 24.3 Å². The highest BCUT2D eigenvalue weighted by Crippen LogP contribution is 2.29. The monoisotopic (exact) mass is 303 g/mol. The highest BCUT2D eigenvalue weighted by molar-refractivity contribution is 5.79. The van der Waals surface area contributed by atoms with E-state index < -0.39 is 0 Å². The molecule has 0 spiro atoms. The van der Waals surface area contributed by atoms with Gasteiger partial charge in [0.1, 0.15) is 5.75 Å². The average Bonchev–Trinajstić information content (AvgIpc) is 2.52. The molecule has 120 valence electrons. The summed E-state index contributed by atoms with van der Waals surface area (Å²) >= 11 is 0. The van der Waals surface area contributed by atoms with Gasteiger partial charge in [0, 0.05) is 19.0 Å². The van der Waals surface area contributed by atoms with Crippen molar-refractivity contribution in [3.05, 3.63) is 29.8 Å². The van der Waals surface area contributed by atoms with E-state index in [1.54, 1.807) is 7.11 Å². The van der Waals surface area contributed by atoms with Gasteiger partial charge < -0.3 is 14.4 Å². The van der Waals surface area contributed by atoms with E-state index >= 15 is 0 Å². The molecule has 1 saturated carbocycles. The van der Waals surface area contributed by atoms with Crippen molar-refractivity contribution < 1.29 is 14.3 Å². The van der Waals surface area contributed by atoms with Crippen LogP contribution in [0, 0.1) is 5.92 Å². The zero-order valence-electron chi connectivity index (χ0n) is 13.3. The van der Waals surface area contributed by atoms with Crippen molar-refractivity contribution >= 4 is 5.91 Å². The van der Waals surface area contributed by atoms with E-state index in [0.29, 0.717) is 12.5 Å². The van der Waals surface area contributed by atoms with Crippen molar-refractivity contribution in [3.8, 4) is 5.75 Å². The second-order valence-corrected chi connectivity index (χ2v) is 6.34. The van der Waals surface area contributed by atoms with Crippen molar-refractivity contribution in [2.24, 2.45) is 5.92 Å². The number of carbonyl (C=O) groups is 1. The number of piperidine rings is 1. The third-order valence-electron chi connectivity index (χ3n) is 4.76. The van der Waals surface area contributed by atoms with Crippen LogP contribution in [-0.2, 0) is 16.1 Å². The molecule has 1 heterocycles. The second kappa shape index (κ2) is 7.14. The van der Waals surface area contributed by atoms with E-state index in [-0.39, 0.29) is 12.0 Å². The Bertz CT molecular complexity index is 513. The highest BCUT2D eigenvalue weighted by atomic mass is 16.5. The Kier molecular flexibility index (Phi) is 4.98. The Morgan fingerprint density at radius 3 is 2.86 bits per heavy atom. The van der Waals surface area contributed by atoms with E-state index in [2.05, 4.69) is 0 Å². The minimum absolute atomic E-state index is 0.156. The largest absolute Gasteiger partial charge is 0.497 e. The molecule has 3 rings (SSSR count). The molecule has 4 nitrogen and oxygen atoms in total. The van der Waals surface area contributed by atoms with Crippen LogP contribution in [0.2, 0.25) is 0 Å². The summed E-state index contributed by atoms with van der Waals surface area (Å²) in [4.78, 5) is 14.4. The molecule has 0 aromatic heterocycles. The molecule has 1 amide bonds. The minimum atomic E-state index is 0.156. The van der Waals surface area contributed by atoms with Gasteiger partial charge in [0.25, 0.3) is 0 Å². The molecule has 4 heteroatoms. The lowest BCUT2D eigenvalue weighted by atomic mass is 9.84. The highest BCUT2D eigenvalue weighted by Gasteiger charge is 2.32. The smallest absolute Gasteiger partial charge is 0.225 e. The molecule has 1 atom stereocenters. The maximum atomic E-state index is 12.3. The topological polar surface area (TPSA) is 38.8 Å². The fourth-order valence-corrected chi connectivity index (χ4v) is 3.16. The lowest BCUT2D eigenvalue weighted by Crippen LogP contribution is -2.46. The van der Waals surface area contributed by atoms with Crippen molar-refractivity contribution in [1.82, 2.24) is 4.90 Å². The molecular weight excluding hydrogens is 278 g/mol. The predicted molar refractivity (Wildman–Crippen MR) is 84.7 cm³/mol. The molecular formula is C18H25NO3. The van der Waals surface area contributed by atoms with E-state index in [4.69, 9.17) is 9.47 Å². The van der Waals surface area contributed by atoms with Crippen molar-refractivity contribution in [1.29, 1.82) is 0 Å². The van der Waals surface area contributed by atoms with Crippen LogP contribution in [-0.4, -0.2) is 37.1 Å². The van der Waals surface area contributed by atoms with Crippen LogP contribution >= 0.6 is 0 Å². The molecule has 2 aliphatic rings. The molecule has 0 bridgehead atoms. The second-order valence-electron chi connectivity index (χ2n) is 6.34. The van der Waals surface area contributed by atoms with Gasteiger partial charge in [-0.25, -0.2) is 0 Å². The van der Waals surface area contributed by atoms with Crippen LogP contribution in [0.4, 0.5) is 0 Å². The van der Waals surface area contributed by atoms with Crippen LogP contribution in [0.5, 0.6) is 5.75 Å². The summed E-state index contributed by atoms with van der Waals surface area (Å²) in [6, 6.07) is 7.96. The van der Waals surface area contributed by atoms with Crippen LogP contribution in [0.1, 0.15) is 37.7 Å². The standard InChI is InChI=1S/C18H25NO3/c1-21-16-8-2-5-14(11-16)13-22-17-9-4-10-19(12-17)18(20)15-6-3-7-15/h2,5,8,11,15,17H,3-4,6-7,9-10,12-13H2,1H3. The first-order chi connectivity index (χ1) is 10.8. The lowest BCUT2D eigenvalue weighted by molar-refractivity contribution is -0.142. The summed E-state index contributed by atoms with van der Waals surface area (Å²) in [5, 5.41) is 0. The summed E-state index contributed by atoms with van der Waals surface area (Å²) in [7, 11) is 1.67. The molecule has 2 fully saturated rings. The number of methoxy groups -OCH3 is 1. The van der Waals surface area contributed by atoms with Crippen LogP contribution in [0.25, 0.3) is 0 Å². The third-order valence-corrected chi connectivity index (χ3v) is 4.76. The lowest BCUT2D eigenvalue weighted by Gasteiger charge is -2.37. The molecule has 1 aliphatic heterocycles. The quantitative estimate of drug-likeness (QED) is 0.839. The molecule has 0 N–H and O–H groups in total. The number of ether oxygens (including phenoxy) is 2. The van der Waals surface area contributed by atoms with Gasteiger partial charge in [0.15, 0.2) is 0 Å². The maximum absolute atomic E-state index is 12.3. The summed E-state index contributed by atoms with van der Waals surface area (Å²) < 4.78 is 11.3. The number of benzene rings is 1. The van der Waals surface area contributed by atoms with Crippen molar-refractivity contribution in [2.75, 3.05) is 20.2 Å². The number of nitrogens with zero attached hydrogens (tertiary/aromatic N) is 1. The van der Waals surface area contributed by atoms with Crippen LogP contribution < -0.4 is 4.74 Å². The Labute approximate surface area is 132 Å². The molecule has 1 aliphatic carbocycles. The normalized spacial score (nSPS) is 22.2. The Balaban J connectivity index is 1.50. The Morgan fingerprint density at radius 1 is 1.27 bits per heavy atom. The van der Waals surface area contributed by atoms with Gasteiger partial charge in [-0.2, -0.15) is 0 Å². The number of carbonyl (C=O) groups excluding carboxylic acids is 1. The summed E-state index contributed by atoms with van der Waals surface area (Å²) in [6.45, 7) is 2.22. The Morgan fingerprint density at radius 2 is 2.14 bits per heavy atom. The molecule has 22 heavy (non-hydrogen) atoms. The average molecular weight is 303 g/mol. The zero-order valence-corrected chi connectivity index (χ0v) is 13.3. The number of rotatable bonds is 5. The first kappa shape index (κ1) is 15.3. The minimum Gasteiger partial charge on any atom is -0.497 e. The fourth-order valence-electron chi connectivity index (χ4n) is 3.16. The van der Waals surface area contributed by atoms with E-state index in [1.807, 2.05) is 29.2 Å². The molecule has 1 unspecified atom stereocenters. The van der Waals surface area contributed by atoms with Gasteiger partial charge in [-0.3, -0.25) is 4.79 Å². The summed E-state index contributed by atoms with van der Waals surface area (Å²) in [5.41, 5.74) is 1.11. The predicted octanol–water partition coefficient (Wildman–Crippen LogP) is 3.00. The van der Waals surface area contributed by atoms with Gasteiger partial charge in [-0.05, 0) is 43.4 Å². The van der Waals surface area contributed by atoms with Gasteiger partial charge in [0.2, 0.25) is 5.91 Å². The number of hydrogen-bond acceptors (Lipinski definition) is 3. The summed E-state index contributed by atoms with van der Waals surface area (Å²) in [5.74, 6) is 1.49. The van der Waals surface area contributed by atoms with E-state index in [0.717, 1.165) is 50.1 Å². The van der Waals surface area contributed by atoms with Crippen molar-refractivity contribution in [2.45, 2.75) is 44.8 Å². The first-order valence-electron chi connectivity index (χ1n) is 8.29. The number of hydrogen-bond donors (Lipinski definition) is 0.